The van der Waals surface area contributed by atoms with E-state index in [2.05, 4.69) is 15.5 Å². The van der Waals surface area contributed by atoms with Gasteiger partial charge in [-0.15, -0.1) is 11.3 Å². The molecule has 2 rings (SSSR count). The number of amides is 2. The maximum atomic E-state index is 12.8. The highest BCUT2D eigenvalue weighted by Crippen LogP contribution is 2.33. The van der Waals surface area contributed by atoms with Crippen LogP contribution in [0.5, 0.6) is 0 Å². The summed E-state index contributed by atoms with van der Waals surface area (Å²) in [4.78, 5) is 27.9. The van der Waals surface area contributed by atoms with Crippen LogP contribution in [0.25, 0.3) is 0 Å². The Kier molecular flexibility index (Phi) is 6.01. The quantitative estimate of drug-likeness (QED) is 0.753. The highest BCUT2D eigenvalue weighted by molar-refractivity contribution is 7.16. The van der Waals surface area contributed by atoms with E-state index in [4.69, 9.17) is 0 Å². The predicted molar refractivity (Wildman–Crippen MR) is 96.6 cm³/mol. The topological polar surface area (TPSA) is 81.7 Å². The van der Waals surface area contributed by atoms with Crippen molar-refractivity contribution in [2.75, 3.05) is 25.5 Å². The number of thiophene rings is 1. The summed E-state index contributed by atoms with van der Waals surface area (Å²) in [5.74, 6) is -0.392. The normalized spacial score (nSPS) is 21.3. The number of likely N-dealkylation sites (tertiary alicyclic amines) is 1. The number of aliphatic hydroxyl groups is 1. The number of nitrogens with zero attached hydrogens (tertiary/aromatic N) is 1. The van der Waals surface area contributed by atoms with Gasteiger partial charge in [-0.3, -0.25) is 14.5 Å². The molecule has 1 aromatic rings. The lowest BCUT2D eigenvalue weighted by molar-refractivity contribution is -0.118. The van der Waals surface area contributed by atoms with Gasteiger partial charge in [0.25, 0.3) is 5.91 Å². The smallest absolute Gasteiger partial charge is 0.254 e. The van der Waals surface area contributed by atoms with Gasteiger partial charge in [0.05, 0.1) is 12.2 Å². The number of hydrogen-bond donors (Lipinski definition) is 3. The Morgan fingerprint density at radius 3 is 2.58 bits per heavy atom. The molecule has 2 atom stereocenters. The molecule has 1 aromatic heterocycles. The minimum Gasteiger partial charge on any atom is -0.395 e. The van der Waals surface area contributed by atoms with E-state index < -0.39 is 0 Å². The second-order valence-corrected chi connectivity index (χ2v) is 8.04. The van der Waals surface area contributed by atoms with Crippen LogP contribution in [-0.4, -0.2) is 54.1 Å². The summed E-state index contributed by atoms with van der Waals surface area (Å²) in [5.41, 5.74) is 1.46. The van der Waals surface area contributed by atoms with Crippen molar-refractivity contribution in [3.05, 3.63) is 16.0 Å². The Bertz CT molecular complexity index is 627. The number of rotatable bonds is 5. The Balaban J connectivity index is 2.15. The second kappa shape index (κ2) is 7.63. The zero-order valence-corrected chi connectivity index (χ0v) is 15.8. The van der Waals surface area contributed by atoms with Crippen molar-refractivity contribution in [3.8, 4) is 0 Å². The number of carbonyl (C=O) groups is 2. The van der Waals surface area contributed by atoms with Gasteiger partial charge in [0.2, 0.25) is 5.91 Å². The number of carbonyl (C=O) groups excluding carboxylic acids is 2. The molecule has 6 nitrogen and oxygen atoms in total. The van der Waals surface area contributed by atoms with Crippen LogP contribution >= 0.6 is 11.3 Å². The number of aliphatic hydroxyl groups excluding tert-OH is 1. The third-order valence-corrected chi connectivity index (χ3v) is 5.73. The Labute approximate surface area is 147 Å². The van der Waals surface area contributed by atoms with E-state index >= 15 is 0 Å². The molecule has 1 fully saturated rings. The Morgan fingerprint density at radius 1 is 1.38 bits per heavy atom. The van der Waals surface area contributed by atoms with Crippen LogP contribution in [0.2, 0.25) is 0 Å². The van der Waals surface area contributed by atoms with E-state index in [1.807, 2.05) is 34.7 Å². The number of nitrogens with one attached hydrogen (secondary N) is 2. The summed E-state index contributed by atoms with van der Waals surface area (Å²) in [6, 6.07) is 0.0913. The molecule has 1 aliphatic heterocycles. The molecule has 0 aliphatic carbocycles. The minimum atomic E-state index is -0.159. The van der Waals surface area contributed by atoms with Crippen molar-refractivity contribution in [1.29, 1.82) is 0 Å². The fraction of sp³-hybridized carbons (Fsp3) is 0.647. The van der Waals surface area contributed by atoms with Crippen LogP contribution in [0.1, 0.15) is 41.1 Å². The van der Waals surface area contributed by atoms with Crippen LogP contribution in [0.3, 0.4) is 0 Å². The third-order valence-electron chi connectivity index (χ3n) is 4.61. The first-order chi connectivity index (χ1) is 11.2. The lowest BCUT2D eigenvalue weighted by atomic mass is 10.1. The number of hydrogen-bond acceptors (Lipinski definition) is 5. The van der Waals surface area contributed by atoms with Gasteiger partial charge < -0.3 is 15.7 Å². The van der Waals surface area contributed by atoms with Crippen LogP contribution in [0.4, 0.5) is 5.00 Å². The maximum absolute atomic E-state index is 12.8. The SMILES string of the molecule is Cc1sc(NC(=O)C(C)C)c(C(=O)N[C@@H]2C[C@@H](CO)N(C)C2)c1C. The van der Waals surface area contributed by atoms with E-state index in [-0.39, 0.29) is 36.4 Å². The van der Waals surface area contributed by atoms with Crippen LogP contribution < -0.4 is 10.6 Å². The van der Waals surface area contributed by atoms with Crippen molar-refractivity contribution in [1.82, 2.24) is 10.2 Å². The maximum Gasteiger partial charge on any atom is 0.254 e. The lowest BCUT2D eigenvalue weighted by Gasteiger charge is -2.15. The highest BCUT2D eigenvalue weighted by atomic mass is 32.1. The molecule has 0 aromatic carbocycles. The number of anilines is 1. The summed E-state index contributed by atoms with van der Waals surface area (Å²) in [7, 11) is 1.95. The van der Waals surface area contributed by atoms with Crippen LogP contribution in [0, 0.1) is 19.8 Å². The average molecular weight is 353 g/mol. The molecule has 24 heavy (non-hydrogen) atoms. The van der Waals surface area contributed by atoms with Gasteiger partial charge in [0.1, 0.15) is 5.00 Å². The van der Waals surface area contributed by atoms with Gasteiger partial charge in [0.15, 0.2) is 0 Å². The Hall–Kier alpha value is -1.44. The average Bonchev–Trinajstić information content (AvgIpc) is 2.98. The van der Waals surface area contributed by atoms with Gasteiger partial charge in [-0.1, -0.05) is 13.8 Å². The zero-order chi connectivity index (χ0) is 18.0. The number of aryl methyl sites for hydroxylation is 1. The van der Waals surface area contributed by atoms with Crippen molar-refractivity contribution >= 4 is 28.2 Å². The van der Waals surface area contributed by atoms with Crippen molar-refractivity contribution < 1.29 is 14.7 Å². The number of likely N-dealkylation sites (N-methyl/N-ethyl adjacent to an activating group) is 1. The van der Waals surface area contributed by atoms with Crippen molar-refractivity contribution in [2.45, 2.75) is 46.2 Å². The first-order valence-corrected chi connectivity index (χ1v) is 9.09. The summed E-state index contributed by atoms with van der Waals surface area (Å²) in [6.45, 7) is 8.32. The molecule has 0 spiro atoms. The van der Waals surface area contributed by atoms with Gasteiger partial charge >= 0.3 is 0 Å². The van der Waals surface area contributed by atoms with Crippen LogP contribution in [0.15, 0.2) is 0 Å². The molecule has 3 N–H and O–H groups in total. The summed E-state index contributed by atoms with van der Waals surface area (Å²) < 4.78 is 0. The first kappa shape index (κ1) is 18.9. The molecule has 2 heterocycles. The zero-order valence-electron chi connectivity index (χ0n) is 15.0. The standard InChI is InChI=1S/C17H27N3O3S/c1-9(2)15(22)19-17-14(10(3)11(4)24-17)16(23)18-12-6-13(8-21)20(5)7-12/h9,12-13,21H,6-8H2,1-5H3,(H,18,23)(H,19,22)/t12-,13+/m1/s1. The fourth-order valence-electron chi connectivity index (χ4n) is 2.90. The molecule has 134 valence electrons. The molecule has 7 heteroatoms. The largest absolute Gasteiger partial charge is 0.395 e. The highest BCUT2D eigenvalue weighted by Gasteiger charge is 2.31. The van der Waals surface area contributed by atoms with E-state index in [0.717, 1.165) is 16.9 Å². The molecule has 2 amide bonds. The minimum absolute atomic E-state index is 0.00732. The summed E-state index contributed by atoms with van der Waals surface area (Å²) in [5, 5.41) is 15.9. The van der Waals surface area contributed by atoms with E-state index in [0.29, 0.717) is 17.1 Å². The molecule has 0 unspecified atom stereocenters. The van der Waals surface area contributed by atoms with E-state index in [9.17, 15) is 14.7 Å². The van der Waals surface area contributed by atoms with Gasteiger partial charge in [-0.2, -0.15) is 0 Å². The van der Waals surface area contributed by atoms with E-state index in [1.54, 1.807) is 0 Å². The van der Waals surface area contributed by atoms with Crippen molar-refractivity contribution in [3.63, 3.8) is 0 Å². The first-order valence-electron chi connectivity index (χ1n) is 8.27. The Morgan fingerprint density at radius 2 is 2.04 bits per heavy atom. The molecule has 1 aliphatic rings. The summed E-state index contributed by atoms with van der Waals surface area (Å²) >= 11 is 1.44. The van der Waals surface area contributed by atoms with Crippen molar-refractivity contribution in [2.24, 2.45) is 5.92 Å². The summed E-state index contributed by atoms with van der Waals surface area (Å²) in [6.07, 6.45) is 0.731. The fourth-order valence-corrected chi connectivity index (χ4v) is 3.96. The second-order valence-electron chi connectivity index (χ2n) is 6.81. The monoisotopic (exact) mass is 353 g/mol. The predicted octanol–water partition coefficient (Wildman–Crippen LogP) is 1.75. The van der Waals surface area contributed by atoms with Gasteiger partial charge in [-0.05, 0) is 32.9 Å². The molecular formula is C17H27N3O3S. The lowest BCUT2D eigenvalue weighted by Crippen LogP contribution is -2.37. The van der Waals surface area contributed by atoms with Crippen LogP contribution in [-0.2, 0) is 4.79 Å². The van der Waals surface area contributed by atoms with E-state index in [1.165, 1.54) is 11.3 Å². The molecule has 1 saturated heterocycles. The third kappa shape index (κ3) is 3.96. The molecule has 0 radical (unpaired) electrons. The van der Waals surface area contributed by atoms with Gasteiger partial charge in [-0.25, -0.2) is 0 Å². The molecule has 0 bridgehead atoms. The van der Waals surface area contributed by atoms with Gasteiger partial charge in [0, 0.05) is 29.4 Å². The molecule has 0 saturated carbocycles. The molecular weight excluding hydrogens is 326 g/mol.